The van der Waals surface area contributed by atoms with Gasteiger partial charge >= 0.3 is 5.69 Å². The summed E-state index contributed by atoms with van der Waals surface area (Å²) in [5, 5.41) is 11.4. The van der Waals surface area contributed by atoms with Crippen LogP contribution >= 0.6 is 0 Å². The monoisotopic (exact) mass is 483 g/mol. The number of nitriles is 1. The Labute approximate surface area is 214 Å². The SMILES string of the molecule is Cn1c(=O)n(Cc2ccc(C(C)(C)C#N)cc2)c2cnc3ccc(-c4cnc5ccccc5c4)cc3c21. The Balaban J connectivity index is 1.46. The molecule has 0 unspecified atom stereocenters. The second-order valence-electron chi connectivity index (χ2n) is 10.0. The highest BCUT2D eigenvalue weighted by Gasteiger charge is 2.20. The van der Waals surface area contributed by atoms with Crippen LogP contribution in [-0.4, -0.2) is 19.1 Å². The normalized spacial score (nSPS) is 11.8. The number of nitrogens with zero attached hydrogens (tertiary/aromatic N) is 5. The Morgan fingerprint density at radius 2 is 1.65 bits per heavy atom. The van der Waals surface area contributed by atoms with Crippen molar-refractivity contribution in [2.45, 2.75) is 25.8 Å². The fraction of sp³-hybridized carbons (Fsp3) is 0.161. The molecule has 6 rings (SSSR count). The quantitative estimate of drug-likeness (QED) is 0.310. The standard InChI is InChI=1S/C31H25N5O/c1-31(2,19-32)24-11-8-20(9-12-24)18-36-28-17-34-27-13-10-21(15-25(27)29(28)35(3)30(36)37)23-14-22-6-4-5-7-26(22)33-16-23/h4-17H,18H2,1-3H3. The second kappa shape index (κ2) is 8.42. The van der Waals surface area contributed by atoms with Crippen LogP contribution in [0.3, 0.4) is 0 Å². The van der Waals surface area contributed by atoms with Gasteiger partial charge in [0.2, 0.25) is 0 Å². The van der Waals surface area contributed by atoms with Gasteiger partial charge in [-0.25, -0.2) is 4.79 Å². The van der Waals surface area contributed by atoms with Gasteiger partial charge in [0.1, 0.15) is 0 Å². The molecule has 6 heteroatoms. The maximum atomic E-state index is 13.4. The third kappa shape index (κ3) is 3.76. The molecule has 0 aliphatic carbocycles. The van der Waals surface area contributed by atoms with Crippen molar-refractivity contribution in [3.63, 3.8) is 0 Å². The average molecular weight is 484 g/mol. The minimum Gasteiger partial charge on any atom is -0.294 e. The van der Waals surface area contributed by atoms with Crippen LogP contribution in [0.25, 0.3) is 44.0 Å². The van der Waals surface area contributed by atoms with E-state index in [1.54, 1.807) is 15.3 Å². The van der Waals surface area contributed by atoms with Gasteiger partial charge in [0.15, 0.2) is 0 Å². The number of fused-ring (bicyclic) bond motifs is 4. The Bertz CT molecular complexity index is 1920. The van der Waals surface area contributed by atoms with Crippen molar-refractivity contribution in [2.24, 2.45) is 7.05 Å². The smallest absolute Gasteiger partial charge is 0.294 e. The highest BCUT2D eigenvalue weighted by Crippen LogP contribution is 2.30. The van der Waals surface area contributed by atoms with Gasteiger partial charge in [-0.2, -0.15) is 5.26 Å². The molecule has 0 aliphatic heterocycles. The molecule has 0 saturated heterocycles. The number of pyridine rings is 2. The summed E-state index contributed by atoms with van der Waals surface area (Å²) >= 11 is 0. The molecule has 0 aliphatic rings. The van der Waals surface area contributed by atoms with Crippen LogP contribution in [0.1, 0.15) is 25.0 Å². The molecular weight excluding hydrogens is 458 g/mol. The maximum Gasteiger partial charge on any atom is 0.329 e. The van der Waals surface area contributed by atoms with Crippen LogP contribution in [0.2, 0.25) is 0 Å². The van der Waals surface area contributed by atoms with Gasteiger partial charge in [-0.15, -0.1) is 0 Å². The van der Waals surface area contributed by atoms with E-state index in [9.17, 15) is 10.1 Å². The minimum absolute atomic E-state index is 0.0940. The maximum absolute atomic E-state index is 13.4. The van der Waals surface area contributed by atoms with Crippen molar-refractivity contribution in [2.75, 3.05) is 0 Å². The first-order chi connectivity index (χ1) is 17.9. The predicted molar refractivity (Wildman–Crippen MR) is 147 cm³/mol. The van der Waals surface area contributed by atoms with Gasteiger partial charge < -0.3 is 0 Å². The fourth-order valence-electron chi connectivity index (χ4n) is 4.93. The molecule has 37 heavy (non-hydrogen) atoms. The van der Waals surface area contributed by atoms with Gasteiger partial charge in [0.25, 0.3) is 0 Å². The number of para-hydroxylation sites is 1. The van der Waals surface area contributed by atoms with Crippen molar-refractivity contribution in [3.8, 4) is 17.2 Å². The van der Waals surface area contributed by atoms with Crippen molar-refractivity contribution in [1.82, 2.24) is 19.1 Å². The molecule has 0 bridgehead atoms. The summed E-state index contributed by atoms with van der Waals surface area (Å²) in [5.41, 5.74) is 6.76. The molecule has 6 nitrogen and oxygen atoms in total. The van der Waals surface area contributed by atoms with Gasteiger partial charge in [-0.05, 0) is 54.8 Å². The van der Waals surface area contributed by atoms with E-state index in [4.69, 9.17) is 0 Å². The molecule has 0 radical (unpaired) electrons. The lowest BCUT2D eigenvalue weighted by Gasteiger charge is -2.16. The van der Waals surface area contributed by atoms with E-state index in [0.29, 0.717) is 6.54 Å². The minimum atomic E-state index is -0.560. The highest BCUT2D eigenvalue weighted by molar-refractivity contribution is 6.04. The van der Waals surface area contributed by atoms with Crippen LogP contribution in [0.4, 0.5) is 0 Å². The van der Waals surface area contributed by atoms with E-state index in [1.165, 1.54) is 0 Å². The molecule has 180 valence electrons. The summed E-state index contributed by atoms with van der Waals surface area (Å²) in [7, 11) is 1.81. The van der Waals surface area contributed by atoms with Crippen LogP contribution in [0, 0.1) is 11.3 Å². The van der Waals surface area contributed by atoms with Crippen LogP contribution in [0.15, 0.2) is 90.0 Å². The molecule has 0 amide bonds. The zero-order valence-electron chi connectivity index (χ0n) is 20.9. The number of aromatic nitrogens is 4. The Morgan fingerprint density at radius 1 is 0.892 bits per heavy atom. The molecule has 0 atom stereocenters. The van der Waals surface area contributed by atoms with E-state index in [-0.39, 0.29) is 5.69 Å². The number of aryl methyl sites for hydroxylation is 1. The Morgan fingerprint density at radius 3 is 2.43 bits per heavy atom. The number of hydrogen-bond donors (Lipinski definition) is 0. The average Bonchev–Trinajstić information content (AvgIpc) is 3.17. The Kier molecular flexibility index (Phi) is 5.16. The van der Waals surface area contributed by atoms with Crippen molar-refractivity contribution >= 4 is 32.8 Å². The summed E-state index contributed by atoms with van der Waals surface area (Å²) in [4.78, 5) is 22.7. The van der Waals surface area contributed by atoms with Crippen molar-refractivity contribution < 1.29 is 0 Å². The molecule has 3 aromatic carbocycles. The lowest BCUT2D eigenvalue weighted by molar-refractivity contribution is 0.684. The second-order valence-corrected chi connectivity index (χ2v) is 10.0. The topological polar surface area (TPSA) is 76.5 Å². The third-order valence-corrected chi connectivity index (χ3v) is 7.18. The van der Waals surface area contributed by atoms with E-state index in [0.717, 1.165) is 55.1 Å². The first-order valence-corrected chi connectivity index (χ1v) is 12.2. The molecular formula is C31H25N5O. The van der Waals surface area contributed by atoms with E-state index in [2.05, 4.69) is 34.2 Å². The van der Waals surface area contributed by atoms with Crippen LogP contribution < -0.4 is 5.69 Å². The van der Waals surface area contributed by atoms with Gasteiger partial charge in [-0.3, -0.25) is 19.1 Å². The summed E-state index contributed by atoms with van der Waals surface area (Å²) in [5.74, 6) is 0. The predicted octanol–water partition coefficient (Wildman–Crippen LogP) is 5.95. The van der Waals surface area contributed by atoms with E-state index < -0.39 is 5.41 Å². The first-order valence-electron chi connectivity index (χ1n) is 12.2. The molecule has 0 saturated carbocycles. The van der Waals surface area contributed by atoms with Crippen molar-refractivity contribution in [1.29, 1.82) is 5.26 Å². The van der Waals surface area contributed by atoms with Crippen LogP contribution in [0.5, 0.6) is 0 Å². The Hall–Kier alpha value is -4.76. The number of imidazole rings is 1. The summed E-state index contributed by atoms with van der Waals surface area (Å²) < 4.78 is 3.46. The lowest BCUT2D eigenvalue weighted by Crippen LogP contribution is -2.22. The fourth-order valence-corrected chi connectivity index (χ4v) is 4.93. The molecule has 0 fully saturated rings. The van der Waals surface area contributed by atoms with Gasteiger partial charge in [-0.1, -0.05) is 48.5 Å². The van der Waals surface area contributed by atoms with E-state index >= 15 is 0 Å². The van der Waals surface area contributed by atoms with Gasteiger partial charge in [0.05, 0.1) is 46.3 Å². The zero-order valence-corrected chi connectivity index (χ0v) is 20.9. The lowest BCUT2D eigenvalue weighted by atomic mass is 9.86. The van der Waals surface area contributed by atoms with Crippen molar-refractivity contribution in [3.05, 3.63) is 107 Å². The summed E-state index contributed by atoms with van der Waals surface area (Å²) in [6.45, 7) is 4.22. The zero-order chi connectivity index (χ0) is 25.7. The van der Waals surface area contributed by atoms with E-state index in [1.807, 2.05) is 81.7 Å². The third-order valence-electron chi connectivity index (χ3n) is 7.18. The summed E-state index contributed by atoms with van der Waals surface area (Å²) in [6.07, 6.45) is 3.67. The summed E-state index contributed by atoms with van der Waals surface area (Å²) in [6, 6.07) is 26.6. The molecule has 0 N–H and O–H groups in total. The highest BCUT2D eigenvalue weighted by atomic mass is 16.1. The number of benzene rings is 3. The molecule has 3 heterocycles. The molecule has 3 aromatic heterocycles. The molecule has 0 spiro atoms. The van der Waals surface area contributed by atoms with Crippen LogP contribution in [-0.2, 0) is 19.0 Å². The largest absolute Gasteiger partial charge is 0.329 e. The first kappa shape index (κ1) is 22.7. The number of rotatable bonds is 4. The molecule has 6 aromatic rings. The van der Waals surface area contributed by atoms with Gasteiger partial charge in [0, 0.05) is 29.6 Å². The number of hydrogen-bond acceptors (Lipinski definition) is 4.